The number of hydrogen-bond donors (Lipinski definition) is 0. The predicted molar refractivity (Wildman–Crippen MR) is 86.9 cm³/mol. The number of pyridine rings is 1. The van der Waals surface area contributed by atoms with E-state index >= 15 is 0 Å². The summed E-state index contributed by atoms with van der Waals surface area (Å²) in [5.41, 5.74) is 0.863. The number of ether oxygens (including phenoxy) is 1. The third kappa shape index (κ3) is 3.16. The van der Waals surface area contributed by atoms with Crippen LogP contribution < -0.4 is 9.64 Å². The van der Waals surface area contributed by atoms with Crippen LogP contribution in [-0.2, 0) is 0 Å². The van der Waals surface area contributed by atoms with Crippen LogP contribution in [0.5, 0.6) is 5.75 Å². The summed E-state index contributed by atoms with van der Waals surface area (Å²) in [4.78, 5) is 20.5. The summed E-state index contributed by atoms with van der Waals surface area (Å²) in [7, 11) is 3.86. The molecule has 0 spiro atoms. The Morgan fingerprint density at radius 2 is 2.26 bits per heavy atom. The molecule has 6 heteroatoms. The normalized spacial score (nSPS) is 17.3. The van der Waals surface area contributed by atoms with Crippen LogP contribution in [0.4, 0.5) is 5.82 Å². The van der Waals surface area contributed by atoms with Crippen LogP contribution in [-0.4, -0.2) is 49.1 Å². The first kappa shape index (κ1) is 15.4. The maximum absolute atomic E-state index is 12.5. The molecule has 1 aliphatic rings. The van der Waals surface area contributed by atoms with Crippen molar-refractivity contribution in [2.45, 2.75) is 19.4 Å². The number of hydrogen-bond acceptors (Lipinski definition) is 5. The molecule has 2 aromatic rings. The first-order valence-corrected chi connectivity index (χ1v) is 7.68. The fourth-order valence-electron chi connectivity index (χ4n) is 2.73. The zero-order valence-electron chi connectivity index (χ0n) is 13.7. The van der Waals surface area contributed by atoms with Crippen LogP contribution in [0.3, 0.4) is 0 Å². The molecule has 3 heterocycles. The highest BCUT2D eigenvalue weighted by molar-refractivity contribution is 5.93. The Labute approximate surface area is 135 Å². The number of anilines is 1. The van der Waals surface area contributed by atoms with Gasteiger partial charge in [0, 0.05) is 38.8 Å². The summed E-state index contributed by atoms with van der Waals surface area (Å²) < 4.78 is 11.4. The molecule has 1 fully saturated rings. The molecular formula is C17H21N3O3. The molecule has 6 nitrogen and oxygen atoms in total. The Morgan fingerprint density at radius 3 is 2.96 bits per heavy atom. The van der Waals surface area contributed by atoms with Crippen molar-refractivity contribution in [1.82, 2.24) is 9.88 Å². The van der Waals surface area contributed by atoms with Crippen molar-refractivity contribution in [1.29, 1.82) is 0 Å². The molecule has 1 aliphatic heterocycles. The summed E-state index contributed by atoms with van der Waals surface area (Å²) in [5.74, 6) is 1.88. The zero-order valence-corrected chi connectivity index (χ0v) is 13.7. The number of aromatic nitrogens is 1. The van der Waals surface area contributed by atoms with E-state index in [1.54, 1.807) is 23.4 Å². The van der Waals surface area contributed by atoms with Crippen LogP contribution in [0.15, 0.2) is 35.1 Å². The Morgan fingerprint density at radius 1 is 1.43 bits per heavy atom. The van der Waals surface area contributed by atoms with Gasteiger partial charge in [0.2, 0.25) is 0 Å². The SMILES string of the molecule is Cc1ccoc1C(=O)N1CC[C@H](Oc2cccnc2N(C)C)C1. The smallest absolute Gasteiger partial charge is 0.289 e. The second kappa shape index (κ2) is 6.32. The minimum absolute atomic E-state index is 0.0304. The molecular weight excluding hydrogens is 294 g/mol. The standard InChI is InChI=1S/C17H21N3O3/c1-12-7-10-22-15(12)17(21)20-9-6-13(11-20)23-14-5-4-8-18-16(14)19(2)3/h4-5,7-8,10,13H,6,9,11H2,1-3H3/t13-/m0/s1. The van der Waals surface area contributed by atoms with Crippen molar-refractivity contribution in [2.75, 3.05) is 32.1 Å². The lowest BCUT2D eigenvalue weighted by atomic mass is 10.2. The maximum Gasteiger partial charge on any atom is 0.289 e. The van der Waals surface area contributed by atoms with Crippen molar-refractivity contribution in [2.24, 2.45) is 0 Å². The molecule has 0 bridgehead atoms. The van der Waals surface area contributed by atoms with Gasteiger partial charge in [-0.05, 0) is 25.1 Å². The Kier molecular flexibility index (Phi) is 4.23. The Hall–Kier alpha value is -2.50. The molecule has 23 heavy (non-hydrogen) atoms. The topological polar surface area (TPSA) is 58.8 Å². The van der Waals surface area contributed by atoms with Gasteiger partial charge in [-0.3, -0.25) is 4.79 Å². The highest BCUT2D eigenvalue weighted by Gasteiger charge is 2.30. The Bertz CT molecular complexity index is 696. The number of carbonyl (C=O) groups excluding carboxylic acids is 1. The average Bonchev–Trinajstić information content (AvgIpc) is 3.16. The van der Waals surface area contributed by atoms with Gasteiger partial charge in [-0.25, -0.2) is 4.98 Å². The van der Waals surface area contributed by atoms with Gasteiger partial charge in [-0.15, -0.1) is 0 Å². The lowest BCUT2D eigenvalue weighted by molar-refractivity contribution is 0.0740. The van der Waals surface area contributed by atoms with E-state index in [1.807, 2.05) is 38.1 Å². The van der Waals surface area contributed by atoms with Crippen LogP contribution in [0.2, 0.25) is 0 Å². The van der Waals surface area contributed by atoms with Crippen LogP contribution in [0.1, 0.15) is 22.5 Å². The lowest BCUT2D eigenvalue weighted by Gasteiger charge is -2.20. The summed E-state index contributed by atoms with van der Waals surface area (Å²) in [6.07, 6.45) is 4.06. The molecule has 3 rings (SSSR count). The van der Waals surface area contributed by atoms with Crippen molar-refractivity contribution in [3.05, 3.63) is 42.0 Å². The predicted octanol–water partition coefficient (Wildman–Crippen LogP) is 2.34. The molecule has 0 N–H and O–H groups in total. The van der Waals surface area contributed by atoms with E-state index in [0.717, 1.165) is 23.6 Å². The van der Waals surface area contributed by atoms with Gasteiger partial charge in [0.25, 0.3) is 5.91 Å². The van der Waals surface area contributed by atoms with Gasteiger partial charge in [0.15, 0.2) is 17.3 Å². The molecule has 1 amide bonds. The van der Waals surface area contributed by atoms with Crippen LogP contribution >= 0.6 is 0 Å². The molecule has 1 saturated heterocycles. The number of rotatable bonds is 4. The number of nitrogens with zero attached hydrogens (tertiary/aromatic N) is 3. The molecule has 2 aromatic heterocycles. The second-order valence-corrected chi connectivity index (χ2v) is 5.93. The summed E-state index contributed by atoms with van der Waals surface area (Å²) in [6, 6.07) is 5.56. The van der Waals surface area contributed by atoms with Gasteiger partial charge in [-0.1, -0.05) is 0 Å². The maximum atomic E-state index is 12.5. The van der Waals surface area contributed by atoms with E-state index in [9.17, 15) is 4.79 Å². The fourth-order valence-corrected chi connectivity index (χ4v) is 2.73. The molecule has 0 saturated carbocycles. The first-order chi connectivity index (χ1) is 11.1. The van der Waals surface area contributed by atoms with Crippen molar-refractivity contribution >= 4 is 11.7 Å². The summed E-state index contributed by atoms with van der Waals surface area (Å²) in [6.45, 7) is 3.10. The Balaban J connectivity index is 1.67. The molecule has 1 atom stereocenters. The molecule has 0 aromatic carbocycles. The zero-order chi connectivity index (χ0) is 16.4. The van der Waals surface area contributed by atoms with Gasteiger partial charge in [0.1, 0.15) is 6.10 Å². The van der Waals surface area contributed by atoms with E-state index in [2.05, 4.69) is 4.98 Å². The van der Waals surface area contributed by atoms with Crippen molar-refractivity contribution < 1.29 is 13.9 Å². The minimum atomic E-state index is -0.0716. The van der Waals surface area contributed by atoms with Crippen LogP contribution in [0, 0.1) is 6.92 Å². The van der Waals surface area contributed by atoms with Gasteiger partial charge >= 0.3 is 0 Å². The lowest BCUT2D eigenvalue weighted by Crippen LogP contribution is -2.31. The molecule has 0 aliphatic carbocycles. The summed E-state index contributed by atoms with van der Waals surface area (Å²) in [5, 5.41) is 0. The number of likely N-dealkylation sites (tertiary alicyclic amines) is 1. The number of carbonyl (C=O) groups is 1. The number of furan rings is 1. The van der Waals surface area contributed by atoms with E-state index in [0.29, 0.717) is 18.8 Å². The summed E-state index contributed by atoms with van der Waals surface area (Å²) >= 11 is 0. The highest BCUT2D eigenvalue weighted by atomic mass is 16.5. The quantitative estimate of drug-likeness (QED) is 0.867. The third-order valence-corrected chi connectivity index (χ3v) is 3.96. The average molecular weight is 315 g/mol. The van der Waals surface area contributed by atoms with Crippen molar-refractivity contribution in [3.63, 3.8) is 0 Å². The van der Waals surface area contributed by atoms with E-state index in [-0.39, 0.29) is 12.0 Å². The van der Waals surface area contributed by atoms with E-state index in [1.165, 1.54) is 0 Å². The number of amides is 1. The minimum Gasteiger partial charge on any atom is -0.485 e. The molecule has 0 radical (unpaired) electrons. The molecule has 122 valence electrons. The molecule has 0 unspecified atom stereocenters. The van der Waals surface area contributed by atoms with Crippen LogP contribution in [0.25, 0.3) is 0 Å². The van der Waals surface area contributed by atoms with Gasteiger partial charge in [0.05, 0.1) is 12.8 Å². The highest BCUT2D eigenvalue weighted by Crippen LogP contribution is 2.27. The van der Waals surface area contributed by atoms with Gasteiger partial charge < -0.3 is 19.0 Å². The van der Waals surface area contributed by atoms with E-state index < -0.39 is 0 Å². The first-order valence-electron chi connectivity index (χ1n) is 7.68. The monoisotopic (exact) mass is 315 g/mol. The van der Waals surface area contributed by atoms with E-state index in [4.69, 9.17) is 9.15 Å². The fraction of sp³-hybridized carbons (Fsp3) is 0.412. The van der Waals surface area contributed by atoms with Gasteiger partial charge in [-0.2, -0.15) is 0 Å². The third-order valence-electron chi connectivity index (χ3n) is 3.96. The number of aryl methyl sites for hydroxylation is 1. The second-order valence-electron chi connectivity index (χ2n) is 5.93. The van der Waals surface area contributed by atoms with Crippen molar-refractivity contribution in [3.8, 4) is 5.75 Å². The largest absolute Gasteiger partial charge is 0.485 e.